The fraction of sp³-hybridized carbons (Fsp3) is 0.154. The third-order valence-electron chi connectivity index (χ3n) is 2.77. The molecule has 3 aromatic heterocycles. The fourth-order valence-corrected chi connectivity index (χ4v) is 1.86. The van der Waals surface area contributed by atoms with Gasteiger partial charge in [0.1, 0.15) is 0 Å². The van der Waals surface area contributed by atoms with Crippen molar-refractivity contribution < 1.29 is 0 Å². The third-order valence-corrected chi connectivity index (χ3v) is 2.77. The lowest BCUT2D eigenvalue weighted by atomic mass is 10.2. The highest BCUT2D eigenvalue weighted by atomic mass is 15.3. The highest BCUT2D eigenvalue weighted by molar-refractivity contribution is 5.60. The molecule has 0 unspecified atom stereocenters. The summed E-state index contributed by atoms with van der Waals surface area (Å²) in [5.41, 5.74) is 3.01. The summed E-state index contributed by atoms with van der Waals surface area (Å²) in [7, 11) is 2.00. The number of nitrogens with zero attached hydrogens (tertiary/aromatic N) is 5. The molecule has 5 heteroatoms. The average Bonchev–Trinajstić information content (AvgIpc) is 2.98. The van der Waals surface area contributed by atoms with E-state index in [0.717, 1.165) is 22.8 Å². The van der Waals surface area contributed by atoms with Crippen LogP contribution in [0.1, 0.15) is 5.69 Å². The minimum Gasteiger partial charge on any atom is -0.357 e. The van der Waals surface area contributed by atoms with Gasteiger partial charge in [-0.15, -0.1) is 5.10 Å². The van der Waals surface area contributed by atoms with Crippen LogP contribution in [0.4, 0.5) is 0 Å². The van der Waals surface area contributed by atoms with E-state index in [2.05, 4.69) is 27.6 Å². The summed E-state index contributed by atoms with van der Waals surface area (Å²) in [6.45, 7) is 1.91. The van der Waals surface area contributed by atoms with Crippen LogP contribution in [-0.4, -0.2) is 24.5 Å². The lowest BCUT2D eigenvalue weighted by molar-refractivity contribution is 0.811. The number of aryl methyl sites for hydroxylation is 2. The van der Waals surface area contributed by atoms with E-state index in [1.54, 1.807) is 10.9 Å². The third kappa shape index (κ3) is 1.79. The lowest BCUT2D eigenvalue weighted by Gasteiger charge is -2.04. The van der Waals surface area contributed by atoms with Crippen molar-refractivity contribution in [2.24, 2.45) is 7.05 Å². The number of hydrogen-bond donors (Lipinski definition) is 0. The molecule has 0 radical (unpaired) electrons. The zero-order valence-electron chi connectivity index (χ0n) is 10.3. The van der Waals surface area contributed by atoms with Gasteiger partial charge in [0.05, 0.1) is 17.6 Å². The van der Waals surface area contributed by atoms with E-state index in [-0.39, 0.29) is 0 Å². The molecule has 0 amide bonds. The first-order chi connectivity index (χ1) is 8.74. The molecular weight excluding hydrogens is 226 g/mol. The van der Waals surface area contributed by atoms with Crippen molar-refractivity contribution in [3.8, 4) is 17.1 Å². The van der Waals surface area contributed by atoms with Crippen molar-refractivity contribution in [2.75, 3.05) is 0 Å². The molecule has 0 bridgehead atoms. The van der Waals surface area contributed by atoms with Crippen LogP contribution in [-0.2, 0) is 7.05 Å². The molecule has 0 saturated heterocycles. The van der Waals surface area contributed by atoms with Crippen LogP contribution in [0.3, 0.4) is 0 Å². The maximum atomic E-state index is 4.31. The summed E-state index contributed by atoms with van der Waals surface area (Å²) in [4.78, 5) is 0. The van der Waals surface area contributed by atoms with Crippen molar-refractivity contribution in [3.63, 3.8) is 0 Å². The molecule has 18 heavy (non-hydrogen) atoms. The first-order valence-corrected chi connectivity index (χ1v) is 5.71. The Hall–Kier alpha value is -2.43. The number of rotatable bonds is 2. The molecular formula is C13H13N5. The molecule has 0 aliphatic heterocycles. The highest BCUT2D eigenvalue weighted by Crippen LogP contribution is 2.21. The first kappa shape index (κ1) is 10.7. The van der Waals surface area contributed by atoms with E-state index in [9.17, 15) is 0 Å². The lowest BCUT2D eigenvalue weighted by Crippen LogP contribution is -2.03. The summed E-state index contributed by atoms with van der Waals surface area (Å²) in [6.07, 6.45) is 5.83. The Balaban J connectivity index is 2.09. The summed E-state index contributed by atoms with van der Waals surface area (Å²) < 4.78 is 3.80. The molecule has 0 aromatic carbocycles. The standard InChI is InChI=1S/C13H13N5/c1-10-3-4-13(16-15-10)18-12(5-7-14-18)11-6-8-17(2)9-11/h3-9H,1-2H3. The van der Waals surface area contributed by atoms with E-state index >= 15 is 0 Å². The SMILES string of the molecule is Cc1ccc(-n2nccc2-c2ccn(C)c2)nn1. The summed E-state index contributed by atoms with van der Waals surface area (Å²) in [5, 5.41) is 12.5. The van der Waals surface area contributed by atoms with Crippen LogP contribution >= 0.6 is 0 Å². The molecule has 0 N–H and O–H groups in total. The van der Waals surface area contributed by atoms with Gasteiger partial charge in [-0.3, -0.25) is 0 Å². The van der Waals surface area contributed by atoms with Crippen LogP contribution in [0, 0.1) is 6.92 Å². The molecule has 0 aliphatic carbocycles. The molecule has 3 rings (SSSR count). The van der Waals surface area contributed by atoms with Gasteiger partial charge in [0.25, 0.3) is 0 Å². The topological polar surface area (TPSA) is 48.5 Å². The van der Waals surface area contributed by atoms with Gasteiger partial charge < -0.3 is 4.57 Å². The second-order valence-electron chi connectivity index (χ2n) is 4.23. The monoisotopic (exact) mass is 239 g/mol. The predicted molar refractivity (Wildman–Crippen MR) is 68.3 cm³/mol. The molecule has 3 aromatic rings. The Labute approximate surface area is 105 Å². The number of hydrogen-bond acceptors (Lipinski definition) is 3. The minimum atomic E-state index is 0.726. The predicted octanol–water partition coefficient (Wildman–Crippen LogP) is 1.98. The molecule has 0 spiro atoms. The van der Waals surface area contributed by atoms with Gasteiger partial charge in [-0.1, -0.05) is 0 Å². The smallest absolute Gasteiger partial charge is 0.176 e. The van der Waals surface area contributed by atoms with Gasteiger partial charge in [-0.2, -0.15) is 10.2 Å². The molecule has 90 valence electrons. The van der Waals surface area contributed by atoms with Gasteiger partial charge in [0.2, 0.25) is 0 Å². The maximum absolute atomic E-state index is 4.31. The van der Waals surface area contributed by atoms with Crippen molar-refractivity contribution in [1.82, 2.24) is 24.5 Å². The minimum absolute atomic E-state index is 0.726. The van der Waals surface area contributed by atoms with E-state index in [1.165, 1.54) is 0 Å². The van der Waals surface area contributed by atoms with Crippen LogP contribution in [0.5, 0.6) is 0 Å². The van der Waals surface area contributed by atoms with Gasteiger partial charge >= 0.3 is 0 Å². The van der Waals surface area contributed by atoms with Crippen LogP contribution < -0.4 is 0 Å². The van der Waals surface area contributed by atoms with E-state index in [0.29, 0.717) is 0 Å². The molecule has 5 nitrogen and oxygen atoms in total. The summed E-state index contributed by atoms with van der Waals surface area (Å²) in [5.74, 6) is 0.726. The Morgan fingerprint density at radius 2 is 1.94 bits per heavy atom. The molecule has 0 aliphatic rings. The second kappa shape index (κ2) is 4.10. The van der Waals surface area contributed by atoms with Crippen LogP contribution in [0.15, 0.2) is 42.9 Å². The Morgan fingerprint density at radius 3 is 2.61 bits per heavy atom. The maximum Gasteiger partial charge on any atom is 0.176 e. The van der Waals surface area contributed by atoms with Gasteiger partial charge in [0.15, 0.2) is 5.82 Å². The zero-order chi connectivity index (χ0) is 12.5. The quantitative estimate of drug-likeness (QED) is 0.687. The van der Waals surface area contributed by atoms with Crippen molar-refractivity contribution >= 4 is 0 Å². The van der Waals surface area contributed by atoms with E-state index in [4.69, 9.17) is 0 Å². The zero-order valence-corrected chi connectivity index (χ0v) is 10.3. The van der Waals surface area contributed by atoms with Crippen molar-refractivity contribution in [2.45, 2.75) is 6.92 Å². The number of aromatic nitrogens is 5. The Bertz CT molecular complexity index is 663. The van der Waals surface area contributed by atoms with E-state index in [1.807, 2.05) is 42.9 Å². The molecule has 0 fully saturated rings. The van der Waals surface area contributed by atoms with Crippen LogP contribution in [0.25, 0.3) is 17.1 Å². The van der Waals surface area contributed by atoms with Crippen molar-refractivity contribution in [3.05, 3.63) is 48.5 Å². The largest absolute Gasteiger partial charge is 0.357 e. The summed E-state index contributed by atoms with van der Waals surface area (Å²) >= 11 is 0. The second-order valence-corrected chi connectivity index (χ2v) is 4.23. The highest BCUT2D eigenvalue weighted by Gasteiger charge is 2.09. The van der Waals surface area contributed by atoms with Crippen molar-refractivity contribution in [1.29, 1.82) is 0 Å². The Kier molecular flexibility index (Phi) is 2.44. The normalized spacial score (nSPS) is 10.8. The average molecular weight is 239 g/mol. The Morgan fingerprint density at radius 1 is 1.06 bits per heavy atom. The fourth-order valence-electron chi connectivity index (χ4n) is 1.86. The molecule has 3 heterocycles. The molecule has 0 atom stereocenters. The first-order valence-electron chi connectivity index (χ1n) is 5.71. The van der Waals surface area contributed by atoms with Gasteiger partial charge in [-0.25, -0.2) is 4.68 Å². The molecule has 0 saturated carbocycles. The van der Waals surface area contributed by atoms with Gasteiger partial charge in [0, 0.05) is 25.0 Å². The van der Waals surface area contributed by atoms with Gasteiger partial charge in [-0.05, 0) is 31.2 Å². The summed E-state index contributed by atoms with van der Waals surface area (Å²) in [6, 6.07) is 7.87. The van der Waals surface area contributed by atoms with E-state index < -0.39 is 0 Å². The van der Waals surface area contributed by atoms with Crippen LogP contribution in [0.2, 0.25) is 0 Å².